The standard InChI is InChI=1S/C18H19F3O3/c19-18(20,21)15-8-12(6-4-2-1-3-5-7-22)13-9-16-17(10-14(13)15)24-11-23-16/h6,8-10,22H,1-5,7,11H2/b12-6+. The van der Waals surface area contributed by atoms with E-state index in [-0.39, 0.29) is 19.0 Å². The van der Waals surface area contributed by atoms with E-state index in [2.05, 4.69) is 0 Å². The molecule has 0 aromatic heterocycles. The number of allylic oxidation sites excluding steroid dienone is 4. The van der Waals surface area contributed by atoms with Crippen LogP contribution in [0, 0.1) is 0 Å². The van der Waals surface area contributed by atoms with Gasteiger partial charge in [0.15, 0.2) is 11.5 Å². The molecular formula is C18H19F3O3. The number of aliphatic hydroxyl groups excluding tert-OH is 1. The number of hydrogen-bond donors (Lipinski definition) is 1. The lowest BCUT2D eigenvalue weighted by molar-refractivity contribution is -0.0687. The fourth-order valence-corrected chi connectivity index (χ4v) is 2.99. The highest BCUT2D eigenvalue weighted by molar-refractivity contribution is 5.98. The highest BCUT2D eigenvalue weighted by Crippen LogP contribution is 2.48. The minimum atomic E-state index is -4.40. The number of hydrogen-bond acceptors (Lipinski definition) is 3. The first-order valence-electron chi connectivity index (χ1n) is 8.05. The topological polar surface area (TPSA) is 38.7 Å². The van der Waals surface area contributed by atoms with E-state index >= 15 is 0 Å². The number of fused-ring (bicyclic) bond motifs is 2. The first-order valence-corrected chi connectivity index (χ1v) is 8.05. The van der Waals surface area contributed by atoms with Crippen LogP contribution in [0.5, 0.6) is 11.5 Å². The molecule has 1 aliphatic carbocycles. The summed E-state index contributed by atoms with van der Waals surface area (Å²) in [4.78, 5) is 0. The predicted molar refractivity (Wildman–Crippen MR) is 84.7 cm³/mol. The summed E-state index contributed by atoms with van der Waals surface area (Å²) in [7, 11) is 0. The zero-order valence-corrected chi connectivity index (χ0v) is 13.2. The lowest BCUT2D eigenvalue weighted by Gasteiger charge is -2.10. The number of ether oxygens (including phenoxy) is 2. The molecule has 0 amide bonds. The van der Waals surface area contributed by atoms with Gasteiger partial charge in [-0.15, -0.1) is 0 Å². The molecule has 0 spiro atoms. The molecule has 6 heteroatoms. The maximum Gasteiger partial charge on any atom is 0.417 e. The molecule has 0 atom stereocenters. The number of rotatable bonds is 6. The summed E-state index contributed by atoms with van der Waals surface area (Å²) in [6.07, 6.45) is 2.88. The molecule has 3 nitrogen and oxygen atoms in total. The lowest BCUT2D eigenvalue weighted by Crippen LogP contribution is -2.09. The summed E-state index contributed by atoms with van der Waals surface area (Å²) in [5.41, 5.74) is 0.639. The molecule has 1 aromatic rings. The SMILES string of the molecule is OCCCCCC/C=C1\C=C(C(F)(F)F)c2cc3c(cc21)OCO3. The fourth-order valence-electron chi connectivity index (χ4n) is 2.99. The average Bonchev–Trinajstić information content (AvgIpc) is 3.12. The van der Waals surface area contributed by atoms with E-state index in [9.17, 15) is 13.2 Å². The minimum absolute atomic E-state index is 0.0349. The van der Waals surface area contributed by atoms with Gasteiger partial charge in [-0.05, 0) is 54.2 Å². The van der Waals surface area contributed by atoms with E-state index in [1.807, 2.05) is 6.08 Å². The molecule has 0 saturated heterocycles. The van der Waals surface area contributed by atoms with Gasteiger partial charge in [0.25, 0.3) is 0 Å². The number of alkyl halides is 3. The highest BCUT2D eigenvalue weighted by atomic mass is 19.4. The third kappa shape index (κ3) is 3.43. The predicted octanol–water partition coefficient (Wildman–Crippen LogP) is 4.70. The first kappa shape index (κ1) is 16.9. The van der Waals surface area contributed by atoms with Crippen LogP contribution in [0.1, 0.15) is 43.2 Å². The summed E-state index contributed by atoms with van der Waals surface area (Å²) in [5, 5.41) is 8.74. The van der Waals surface area contributed by atoms with E-state index in [4.69, 9.17) is 14.6 Å². The average molecular weight is 340 g/mol. The smallest absolute Gasteiger partial charge is 0.417 e. The van der Waals surface area contributed by atoms with Gasteiger partial charge in [-0.1, -0.05) is 18.9 Å². The van der Waals surface area contributed by atoms with Crippen molar-refractivity contribution >= 4 is 11.1 Å². The number of unbranched alkanes of at least 4 members (excludes halogenated alkanes) is 4. The van der Waals surface area contributed by atoms with Crippen LogP contribution in [0.15, 0.2) is 24.3 Å². The summed E-state index contributed by atoms with van der Waals surface area (Å²) in [5.74, 6) is 0.841. The van der Waals surface area contributed by atoms with Crippen LogP contribution in [-0.2, 0) is 0 Å². The van der Waals surface area contributed by atoms with Crippen LogP contribution < -0.4 is 9.47 Å². The quantitative estimate of drug-likeness (QED) is 0.763. The van der Waals surface area contributed by atoms with Crippen LogP contribution in [0.3, 0.4) is 0 Å². The van der Waals surface area contributed by atoms with Gasteiger partial charge >= 0.3 is 6.18 Å². The molecule has 0 saturated carbocycles. The molecule has 1 N–H and O–H groups in total. The number of halogens is 3. The monoisotopic (exact) mass is 340 g/mol. The second-order valence-corrected chi connectivity index (χ2v) is 5.89. The summed E-state index contributed by atoms with van der Waals surface area (Å²) in [6.45, 7) is 0.215. The minimum Gasteiger partial charge on any atom is -0.454 e. The molecule has 1 aliphatic heterocycles. The molecule has 0 bridgehead atoms. The second-order valence-electron chi connectivity index (χ2n) is 5.89. The van der Waals surface area contributed by atoms with Crippen molar-refractivity contribution in [2.75, 3.05) is 13.4 Å². The fraction of sp³-hybridized carbons (Fsp3) is 0.444. The van der Waals surface area contributed by atoms with E-state index in [1.165, 1.54) is 12.1 Å². The third-order valence-corrected chi connectivity index (χ3v) is 4.20. The van der Waals surface area contributed by atoms with Crippen molar-refractivity contribution in [3.05, 3.63) is 35.4 Å². The third-order valence-electron chi connectivity index (χ3n) is 4.20. The zero-order chi connectivity index (χ0) is 17.2. The van der Waals surface area contributed by atoms with Crippen molar-refractivity contribution in [3.8, 4) is 11.5 Å². The molecule has 0 unspecified atom stereocenters. The molecule has 0 fully saturated rings. The maximum atomic E-state index is 13.3. The van der Waals surface area contributed by atoms with Crippen molar-refractivity contribution in [1.29, 1.82) is 0 Å². The van der Waals surface area contributed by atoms with Gasteiger partial charge in [0.1, 0.15) is 0 Å². The molecule has 3 rings (SSSR count). The van der Waals surface area contributed by atoms with Gasteiger partial charge in [-0.25, -0.2) is 0 Å². The Morgan fingerprint density at radius 3 is 2.33 bits per heavy atom. The molecule has 2 aliphatic rings. The number of benzene rings is 1. The van der Waals surface area contributed by atoms with Gasteiger partial charge in [-0.3, -0.25) is 0 Å². The van der Waals surface area contributed by atoms with Crippen LogP contribution in [0.2, 0.25) is 0 Å². The van der Waals surface area contributed by atoms with E-state index in [0.29, 0.717) is 29.1 Å². The van der Waals surface area contributed by atoms with Gasteiger partial charge in [-0.2, -0.15) is 13.2 Å². The van der Waals surface area contributed by atoms with Crippen LogP contribution in [-0.4, -0.2) is 24.7 Å². The van der Waals surface area contributed by atoms with Crippen molar-refractivity contribution in [2.45, 2.75) is 38.3 Å². The Labute approximate surface area is 138 Å². The highest BCUT2D eigenvalue weighted by Gasteiger charge is 2.40. The normalized spacial score (nSPS) is 17.3. The van der Waals surface area contributed by atoms with Crippen LogP contribution >= 0.6 is 0 Å². The first-order chi connectivity index (χ1) is 11.5. The second kappa shape index (κ2) is 6.89. The molecule has 0 radical (unpaired) electrons. The van der Waals surface area contributed by atoms with Crippen LogP contribution in [0.4, 0.5) is 13.2 Å². The largest absolute Gasteiger partial charge is 0.454 e. The molecule has 130 valence electrons. The Morgan fingerprint density at radius 2 is 1.67 bits per heavy atom. The Hall–Kier alpha value is -1.95. The van der Waals surface area contributed by atoms with Gasteiger partial charge in [0.05, 0.1) is 5.57 Å². The molecular weight excluding hydrogens is 321 g/mol. The van der Waals surface area contributed by atoms with Gasteiger partial charge in [0.2, 0.25) is 6.79 Å². The summed E-state index contributed by atoms with van der Waals surface area (Å²) in [6, 6.07) is 3.05. The molecule has 1 heterocycles. The van der Waals surface area contributed by atoms with E-state index < -0.39 is 11.7 Å². The van der Waals surface area contributed by atoms with Gasteiger partial charge < -0.3 is 14.6 Å². The summed E-state index contributed by atoms with van der Waals surface area (Å²) >= 11 is 0. The Morgan fingerprint density at radius 1 is 1.00 bits per heavy atom. The zero-order valence-electron chi connectivity index (χ0n) is 13.2. The van der Waals surface area contributed by atoms with Crippen molar-refractivity contribution in [3.63, 3.8) is 0 Å². The van der Waals surface area contributed by atoms with Crippen LogP contribution in [0.25, 0.3) is 11.1 Å². The van der Waals surface area contributed by atoms with E-state index in [0.717, 1.165) is 25.7 Å². The lowest BCUT2D eigenvalue weighted by atomic mass is 10.0. The Kier molecular flexibility index (Phi) is 4.85. The molecule has 24 heavy (non-hydrogen) atoms. The Bertz CT molecular complexity index is 675. The summed E-state index contributed by atoms with van der Waals surface area (Å²) < 4.78 is 50.4. The van der Waals surface area contributed by atoms with Crippen molar-refractivity contribution in [1.82, 2.24) is 0 Å². The van der Waals surface area contributed by atoms with Crippen molar-refractivity contribution < 1.29 is 27.8 Å². The van der Waals surface area contributed by atoms with E-state index in [1.54, 1.807) is 6.07 Å². The Balaban J connectivity index is 1.82. The number of aliphatic hydroxyl groups is 1. The van der Waals surface area contributed by atoms with Gasteiger partial charge in [0, 0.05) is 6.61 Å². The maximum absolute atomic E-state index is 13.3. The van der Waals surface area contributed by atoms with Crippen molar-refractivity contribution in [2.24, 2.45) is 0 Å². The molecule has 1 aromatic carbocycles.